The van der Waals surface area contributed by atoms with Gasteiger partial charge >= 0.3 is 0 Å². The zero-order valence-corrected chi connectivity index (χ0v) is 12.6. The molecule has 2 heterocycles. The third-order valence-electron chi connectivity index (χ3n) is 3.26. The topological polar surface area (TPSA) is 43.6 Å². The zero-order chi connectivity index (χ0) is 14.8. The van der Waals surface area contributed by atoms with Gasteiger partial charge in [-0.2, -0.15) is 0 Å². The number of pyridine rings is 1. The van der Waals surface area contributed by atoms with Gasteiger partial charge in [-0.05, 0) is 42.7 Å². The lowest BCUT2D eigenvalue weighted by atomic mass is 10.1. The highest BCUT2D eigenvalue weighted by Gasteiger charge is 2.20. The number of methoxy groups -OCH3 is 1. The number of carbonyl (C=O) groups excluding carboxylic acids is 1. The second kappa shape index (κ2) is 5.61. The van der Waals surface area contributed by atoms with E-state index in [1.807, 2.05) is 35.1 Å². The highest BCUT2D eigenvalue weighted by Crippen LogP contribution is 2.24. The largest absolute Gasteiger partial charge is 0.497 e. The number of fused-ring (bicyclic) bond motifs is 1. The van der Waals surface area contributed by atoms with Crippen molar-refractivity contribution < 1.29 is 9.53 Å². The van der Waals surface area contributed by atoms with Crippen LogP contribution in [0, 0.1) is 0 Å². The third-order valence-corrected chi connectivity index (χ3v) is 3.93. The summed E-state index contributed by atoms with van der Waals surface area (Å²) in [5.74, 6) is 0.690. The average Bonchev–Trinajstić information content (AvgIpc) is 2.92. The lowest BCUT2D eigenvalue weighted by Crippen LogP contribution is -2.06. The number of carbonyl (C=O) groups is 1. The highest BCUT2D eigenvalue weighted by atomic mass is 32.2. The monoisotopic (exact) mass is 298 g/mol. The quantitative estimate of drug-likeness (QED) is 0.547. The number of thioether (sulfide) groups is 1. The van der Waals surface area contributed by atoms with Gasteiger partial charge in [0.1, 0.15) is 22.1 Å². The second-order valence-corrected chi connectivity index (χ2v) is 5.25. The Hall–Kier alpha value is -2.27. The second-order valence-electron chi connectivity index (χ2n) is 4.46. The van der Waals surface area contributed by atoms with Crippen molar-refractivity contribution in [2.45, 2.75) is 5.03 Å². The molecular formula is C16H14N2O2S. The molecule has 0 amide bonds. The molecule has 0 aliphatic heterocycles. The number of ketones is 1. The van der Waals surface area contributed by atoms with Crippen LogP contribution in [0.2, 0.25) is 0 Å². The van der Waals surface area contributed by atoms with Gasteiger partial charge in [0.2, 0.25) is 5.78 Å². The Bertz CT molecular complexity index is 794. The maximum absolute atomic E-state index is 12.8. The molecule has 0 spiro atoms. The number of rotatable bonds is 4. The molecule has 3 aromatic rings. The molecular weight excluding hydrogens is 284 g/mol. The summed E-state index contributed by atoms with van der Waals surface area (Å²) in [5, 5.41) is 0.738. The third kappa shape index (κ3) is 2.40. The van der Waals surface area contributed by atoms with Crippen LogP contribution in [-0.4, -0.2) is 28.5 Å². The summed E-state index contributed by atoms with van der Waals surface area (Å²) in [6.45, 7) is 0. The number of imidazole rings is 1. The van der Waals surface area contributed by atoms with E-state index in [1.54, 1.807) is 31.4 Å². The highest BCUT2D eigenvalue weighted by molar-refractivity contribution is 7.98. The normalized spacial score (nSPS) is 10.8. The number of nitrogens with zero attached hydrogens (tertiary/aromatic N) is 2. The van der Waals surface area contributed by atoms with Crippen LogP contribution in [0.3, 0.4) is 0 Å². The Morgan fingerprint density at radius 2 is 1.95 bits per heavy atom. The lowest BCUT2D eigenvalue weighted by Gasteiger charge is -2.04. The first-order valence-corrected chi connectivity index (χ1v) is 7.67. The van der Waals surface area contributed by atoms with Gasteiger partial charge in [0, 0.05) is 11.8 Å². The summed E-state index contributed by atoms with van der Waals surface area (Å²) in [7, 11) is 1.60. The van der Waals surface area contributed by atoms with E-state index in [4.69, 9.17) is 4.74 Å². The Balaban J connectivity index is 2.11. The minimum atomic E-state index is -0.0410. The molecule has 0 saturated carbocycles. The molecule has 2 aromatic heterocycles. The van der Waals surface area contributed by atoms with Gasteiger partial charge in [-0.3, -0.25) is 9.20 Å². The molecule has 1 aromatic carbocycles. The Labute approximate surface area is 126 Å². The maximum Gasteiger partial charge on any atom is 0.212 e. The molecule has 0 radical (unpaired) electrons. The fourth-order valence-electron chi connectivity index (χ4n) is 2.20. The van der Waals surface area contributed by atoms with Gasteiger partial charge in [0.25, 0.3) is 0 Å². The van der Waals surface area contributed by atoms with Crippen LogP contribution < -0.4 is 4.74 Å². The maximum atomic E-state index is 12.8. The molecule has 0 N–H and O–H groups in total. The number of hydrogen-bond acceptors (Lipinski definition) is 4. The van der Waals surface area contributed by atoms with Crippen LogP contribution in [-0.2, 0) is 0 Å². The predicted molar refractivity (Wildman–Crippen MR) is 83.4 cm³/mol. The van der Waals surface area contributed by atoms with Crippen LogP contribution in [0.5, 0.6) is 5.75 Å². The molecule has 0 atom stereocenters. The molecule has 21 heavy (non-hydrogen) atoms. The van der Waals surface area contributed by atoms with E-state index in [-0.39, 0.29) is 5.78 Å². The van der Waals surface area contributed by atoms with E-state index in [0.29, 0.717) is 11.3 Å². The summed E-state index contributed by atoms with van der Waals surface area (Å²) >= 11 is 1.47. The molecule has 0 bridgehead atoms. The summed E-state index contributed by atoms with van der Waals surface area (Å²) in [5.41, 5.74) is 2.00. The summed E-state index contributed by atoms with van der Waals surface area (Å²) in [6.07, 6.45) is 3.78. The van der Waals surface area contributed by atoms with Crippen molar-refractivity contribution in [2.75, 3.05) is 13.4 Å². The predicted octanol–water partition coefficient (Wildman–Crippen LogP) is 3.30. The SMILES string of the molecule is COc1ccc(C(=O)c2c(SC)nc3ccccn23)cc1. The van der Waals surface area contributed by atoms with Crippen LogP contribution in [0.15, 0.2) is 53.7 Å². The van der Waals surface area contributed by atoms with E-state index in [0.717, 1.165) is 16.4 Å². The average molecular weight is 298 g/mol. The summed E-state index contributed by atoms with van der Waals surface area (Å²) in [4.78, 5) is 17.3. The van der Waals surface area contributed by atoms with Crippen molar-refractivity contribution >= 4 is 23.2 Å². The smallest absolute Gasteiger partial charge is 0.212 e. The van der Waals surface area contributed by atoms with Crippen molar-refractivity contribution in [3.8, 4) is 5.75 Å². The molecule has 3 rings (SSSR count). The van der Waals surface area contributed by atoms with Crippen molar-refractivity contribution in [3.05, 3.63) is 59.9 Å². The van der Waals surface area contributed by atoms with Gasteiger partial charge < -0.3 is 4.74 Å². The van der Waals surface area contributed by atoms with Gasteiger partial charge in [-0.15, -0.1) is 11.8 Å². The van der Waals surface area contributed by atoms with Crippen molar-refractivity contribution in [1.82, 2.24) is 9.38 Å². The number of aromatic nitrogens is 2. The van der Waals surface area contributed by atoms with Crippen molar-refractivity contribution in [2.24, 2.45) is 0 Å². The van der Waals surface area contributed by atoms with Crippen LogP contribution in [0.25, 0.3) is 5.65 Å². The van der Waals surface area contributed by atoms with Gasteiger partial charge in [0.05, 0.1) is 7.11 Å². The Morgan fingerprint density at radius 1 is 1.19 bits per heavy atom. The van der Waals surface area contributed by atoms with E-state index in [2.05, 4.69) is 4.98 Å². The van der Waals surface area contributed by atoms with Gasteiger partial charge in [-0.25, -0.2) is 4.98 Å². The zero-order valence-electron chi connectivity index (χ0n) is 11.7. The summed E-state index contributed by atoms with van der Waals surface area (Å²) in [6, 6.07) is 12.8. The minimum absolute atomic E-state index is 0.0410. The van der Waals surface area contributed by atoms with E-state index >= 15 is 0 Å². The first kappa shape index (κ1) is 13.7. The molecule has 0 aliphatic carbocycles. The fourth-order valence-corrected chi connectivity index (χ4v) is 2.77. The Morgan fingerprint density at radius 3 is 2.62 bits per heavy atom. The summed E-state index contributed by atoms with van der Waals surface area (Å²) < 4.78 is 6.95. The van der Waals surface area contributed by atoms with Crippen molar-refractivity contribution in [1.29, 1.82) is 0 Å². The van der Waals surface area contributed by atoms with Crippen molar-refractivity contribution in [3.63, 3.8) is 0 Å². The minimum Gasteiger partial charge on any atom is -0.497 e. The van der Waals surface area contributed by atoms with Crippen LogP contribution in [0.4, 0.5) is 0 Å². The molecule has 0 aliphatic rings. The molecule has 0 unspecified atom stereocenters. The molecule has 5 heteroatoms. The first-order valence-electron chi connectivity index (χ1n) is 6.44. The van der Waals surface area contributed by atoms with Crippen LogP contribution in [0.1, 0.15) is 16.1 Å². The van der Waals surface area contributed by atoms with Gasteiger partial charge in [-0.1, -0.05) is 6.07 Å². The molecule has 0 fully saturated rings. The lowest BCUT2D eigenvalue weighted by molar-refractivity contribution is 0.103. The number of hydrogen-bond donors (Lipinski definition) is 0. The standard InChI is InChI=1S/C16H14N2O2S/c1-20-12-8-6-11(7-9-12)15(19)14-16(21-2)17-13-5-3-4-10-18(13)14/h3-10H,1-2H3. The fraction of sp³-hybridized carbons (Fsp3) is 0.125. The Kier molecular flexibility index (Phi) is 3.66. The van der Waals surface area contributed by atoms with E-state index < -0.39 is 0 Å². The number of ether oxygens (including phenoxy) is 1. The molecule has 4 nitrogen and oxygen atoms in total. The van der Waals surface area contributed by atoms with E-state index in [9.17, 15) is 4.79 Å². The first-order chi connectivity index (χ1) is 10.2. The van der Waals surface area contributed by atoms with Crippen LogP contribution >= 0.6 is 11.8 Å². The number of benzene rings is 1. The van der Waals surface area contributed by atoms with E-state index in [1.165, 1.54) is 11.8 Å². The molecule has 106 valence electrons. The molecule has 0 saturated heterocycles. The van der Waals surface area contributed by atoms with Gasteiger partial charge in [0.15, 0.2) is 0 Å².